The minimum Gasteiger partial charge on any atom is -0.330 e. The summed E-state index contributed by atoms with van der Waals surface area (Å²) in [5, 5.41) is 1.99. The molecule has 1 amide bonds. The van der Waals surface area contributed by atoms with E-state index < -0.39 is 0 Å². The highest BCUT2D eigenvalue weighted by atomic mass is 32.1. The van der Waals surface area contributed by atoms with E-state index in [9.17, 15) is 4.79 Å². The molecule has 0 bridgehead atoms. The fourth-order valence-electron chi connectivity index (χ4n) is 3.26. The third-order valence-electron chi connectivity index (χ3n) is 4.38. The Morgan fingerprint density at radius 1 is 1.35 bits per heavy atom. The molecule has 0 saturated carbocycles. The van der Waals surface area contributed by atoms with Gasteiger partial charge in [-0.05, 0) is 42.1 Å². The van der Waals surface area contributed by atoms with E-state index in [2.05, 4.69) is 11.1 Å². The lowest BCUT2D eigenvalue weighted by Gasteiger charge is -2.18. The molecule has 1 aromatic carbocycles. The predicted molar refractivity (Wildman–Crippen MR) is 94.2 cm³/mol. The van der Waals surface area contributed by atoms with Crippen molar-refractivity contribution >= 4 is 33.1 Å². The van der Waals surface area contributed by atoms with Gasteiger partial charge in [-0.1, -0.05) is 18.2 Å². The maximum Gasteiger partial charge on any atom is 0.259 e. The molecule has 1 unspecified atom stereocenters. The van der Waals surface area contributed by atoms with Crippen LogP contribution in [0, 0.1) is 0 Å². The van der Waals surface area contributed by atoms with Gasteiger partial charge in [-0.25, -0.2) is 0 Å². The quantitative estimate of drug-likeness (QED) is 0.804. The predicted octanol–water partition coefficient (Wildman–Crippen LogP) is 3.39. The van der Waals surface area contributed by atoms with Crippen LogP contribution in [0.3, 0.4) is 0 Å². The number of nitrogens with two attached hydrogens (primary N) is 1. The van der Waals surface area contributed by atoms with Crippen molar-refractivity contribution in [3.63, 3.8) is 0 Å². The highest BCUT2D eigenvalue weighted by Gasteiger charge is 2.32. The highest BCUT2D eigenvalue weighted by molar-refractivity contribution is 7.17. The number of aromatic nitrogens is 1. The van der Waals surface area contributed by atoms with Crippen LogP contribution in [-0.4, -0.2) is 24.0 Å². The number of rotatable bonds is 3. The van der Waals surface area contributed by atoms with Crippen molar-refractivity contribution in [3.05, 3.63) is 59.1 Å². The SMILES string of the molecule is NCCC1CN(C(=O)c2cnc3ccsc3c2)c2ccccc21. The third-order valence-corrected chi connectivity index (χ3v) is 5.23. The summed E-state index contributed by atoms with van der Waals surface area (Å²) in [6, 6.07) is 12.0. The lowest BCUT2D eigenvalue weighted by Crippen LogP contribution is -2.30. The van der Waals surface area contributed by atoms with E-state index in [0.29, 0.717) is 24.6 Å². The Bertz CT molecular complexity index is 873. The molecule has 0 aliphatic carbocycles. The summed E-state index contributed by atoms with van der Waals surface area (Å²) in [5.41, 5.74) is 9.54. The van der Waals surface area contributed by atoms with Crippen LogP contribution in [-0.2, 0) is 0 Å². The van der Waals surface area contributed by atoms with E-state index in [1.807, 2.05) is 40.6 Å². The molecule has 4 rings (SSSR count). The van der Waals surface area contributed by atoms with Crippen molar-refractivity contribution < 1.29 is 4.79 Å². The second-order valence-electron chi connectivity index (χ2n) is 5.78. The first-order valence-electron chi connectivity index (χ1n) is 7.72. The van der Waals surface area contributed by atoms with Crippen LogP contribution in [0.15, 0.2) is 48.0 Å². The van der Waals surface area contributed by atoms with Gasteiger partial charge in [-0.15, -0.1) is 11.3 Å². The molecule has 0 fully saturated rings. The van der Waals surface area contributed by atoms with Gasteiger partial charge < -0.3 is 10.6 Å². The number of amides is 1. The van der Waals surface area contributed by atoms with Crippen molar-refractivity contribution in [2.75, 3.05) is 18.0 Å². The van der Waals surface area contributed by atoms with Gasteiger partial charge in [-0.3, -0.25) is 9.78 Å². The number of hydrogen-bond acceptors (Lipinski definition) is 4. The Labute approximate surface area is 138 Å². The van der Waals surface area contributed by atoms with Gasteiger partial charge in [0.05, 0.1) is 15.8 Å². The number of fused-ring (bicyclic) bond motifs is 2. The van der Waals surface area contributed by atoms with Crippen molar-refractivity contribution in [1.82, 2.24) is 4.98 Å². The second-order valence-corrected chi connectivity index (χ2v) is 6.72. The zero-order valence-electron chi connectivity index (χ0n) is 12.6. The normalized spacial score (nSPS) is 16.7. The highest BCUT2D eigenvalue weighted by Crippen LogP contribution is 2.38. The number of para-hydroxylation sites is 1. The van der Waals surface area contributed by atoms with Gasteiger partial charge in [0, 0.05) is 24.3 Å². The average molecular weight is 323 g/mol. The molecule has 1 aliphatic heterocycles. The summed E-state index contributed by atoms with van der Waals surface area (Å²) in [6.45, 7) is 1.32. The van der Waals surface area contributed by atoms with Crippen molar-refractivity contribution in [2.24, 2.45) is 5.73 Å². The van der Waals surface area contributed by atoms with Gasteiger partial charge >= 0.3 is 0 Å². The molecule has 3 aromatic rings. The fraction of sp³-hybridized carbons (Fsp3) is 0.222. The lowest BCUT2D eigenvalue weighted by atomic mass is 9.98. The Kier molecular flexibility index (Phi) is 3.59. The minimum atomic E-state index is 0.0137. The summed E-state index contributed by atoms with van der Waals surface area (Å²) < 4.78 is 1.04. The molecular weight excluding hydrogens is 306 g/mol. The monoisotopic (exact) mass is 323 g/mol. The third kappa shape index (κ3) is 2.42. The lowest BCUT2D eigenvalue weighted by molar-refractivity contribution is 0.0988. The van der Waals surface area contributed by atoms with Crippen molar-refractivity contribution in [2.45, 2.75) is 12.3 Å². The molecule has 2 aromatic heterocycles. The number of anilines is 1. The molecule has 0 saturated heterocycles. The van der Waals surface area contributed by atoms with Crippen LogP contribution in [0.1, 0.15) is 28.3 Å². The standard InChI is InChI=1S/C18H17N3OS/c19-7-5-12-11-21(16-4-2-1-3-14(12)16)18(22)13-9-17-15(20-10-13)6-8-23-17/h1-4,6,8-10,12H,5,7,11,19H2. The smallest absolute Gasteiger partial charge is 0.259 e. The number of carbonyl (C=O) groups excluding carboxylic acids is 1. The van der Waals surface area contributed by atoms with Crippen molar-refractivity contribution in [3.8, 4) is 0 Å². The van der Waals surface area contributed by atoms with Gasteiger partial charge in [0.25, 0.3) is 5.91 Å². The Morgan fingerprint density at radius 3 is 3.09 bits per heavy atom. The van der Waals surface area contributed by atoms with Crippen molar-refractivity contribution in [1.29, 1.82) is 0 Å². The average Bonchev–Trinajstić information content (AvgIpc) is 3.19. The number of thiophene rings is 1. The molecule has 1 aliphatic rings. The topological polar surface area (TPSA) is 59.2 Å². The summed E-state index contributed by atoms with van der Waals surface area (Å²) >= 11 is 1.61. The first-order valence-corrected chi connectivity index (χ1v) is 8.60. The molecule has 0 spiro atoms. The Balaban J connectivity index is 1.71. The van der Waals surface area contributed by atoms with E-state index in [1.165, 1.54) is 5.56 Å². The molecule has 1 atom stereocenters. The molecule has 0 radical (unpaired) electrons. The largest absolute Gasteiger partial charge is 0.330 e. The van der Waals surface area contributed by atoms with Crippen LogP contribution in [0.4, 0.5) is 5.69 Å². The van der Waals surface area contributed by atoms with E-state index in [1.54, 1.807) is 17.5 Å². The summed E-state index contributed by atoms with van der Waals surface area (Å²) in [6.07, 6.45) is 2.57. The molecule has 2 N–H and O–H groups in total. The number of carbonyl (C=O) groups is 1. The van der Waals surface area contributed by atoms with Gasteiger partial charge in [0.2, 0.25) is 0 Å². The zero-order chi connectivity index (χ0) is 15.8. The van der Waals surface area contributed by atoms with Crippen LogP contribution in [0.25, 0.3) is 10.2 Å². The first kappa shape index (κ1) is 14.4. The van der Waals surface area contributed by atoms with E-state index in [4.69, 9.17) is 5.73 Å². The number of nitrogens with zero attached hydrogens (tertiary/aromatic N) is 2. The second kappa shape index (κ2) is 5.76. The number of benzene rings is 1. The maximum atomic E-state index is 13.0. The van der Waals surface area contributed by atoms with Crippen LogP contribution in [0.2, 0.25) is 0 Å². The summed E-state index contributed by atoms with van der Waals surface area (Å²) in [7, 11) is 0. The Hall–Kier alpha value is -2.24. The maximum absolute atomic E-state index is 13.0. The van der Waals surface area contributed by atoms with E-state index in [0.717, 1.165) is 22.3 Å². The molecule has 3 heterocycles. The van der Waals surface area contributed by atoms with Crippen LogP contribution < -0.4 is 10.6 Å². The van der Waals surface area contributed by atoms with Gasteiger partial charge in [0.1, 0.15) is 0 Å². The van der Waals surface area contributed by atoms with Crippen LogP contribution in [0.5, 0.6) is 0 Å². The molecular formula is C18H17N3OS. The number of hydrogen-bond donors (Lipinski definition) is 1. The molecule has 4 nitrogen and oxygen atoms in total. The van der Waals surface area contributed by atoms with Gasteiger partial charge in [-0.2, -0.15) is 0 Å². The van der Waals surface area contributed by atoms with Gasteiger partial charge in [0.15, 0.2) is 0 Å². The fourth-order valence-corrected chi connectivity index (χ4v) is 4.04. The minimum absolute atomic E-state index is 0.0137. The molecule has 5 heteroatoms. The zero-order valence-corrected chi connectivity index (χ0v) is 13.4. The number of pyridine rings is 1. The molecule has 116 valence electrons. The first-order chi connectivity index (χ1) is 11.3. The van der Waals surface area contributed by atoms with E-state index >= 15 is 0 Å². The molecule has 23 heavy (non-hydrogen) atoms. The van der Waals surface area contributed by atoms with Crippen LogP contribution >= 0.6 is 11.3 Å². The Morgan fingerprint density at radius 2 is 2.22 bits per heavy atom. The summed E-state index contributed by atoms with van der Waals surface area (Å²) in [5.74, 6) is 0.332. The van der Waals surface area contributed by atoms with E-state index in [-0.39, 0.29) is 5.91 Å². The summed E-state index contributed by atoms with van der Waals surface area (Å²) in [4.78, 5) is 19.2.